The lowest BCUT2D eigenvalue weighted by Gasteiger charge is -2.54. The monoisotopic (exact) mass is 404 g/mol. The lowest BCUT2D eigenvalue weighted by Crippen LogP contribution is -2.65. The van der Waals surface area contributed by atoms with E-state index in [1.165, 1.54) is 19.9 Å². The Hall–Kier alpha value is -2.41. The number of aliphatic hydroxyl groups is 1. The highest BCUT2D eigenvalue weighted by molar-refractivity contribution is 5.86. The van der Waals surface area contributed by atoms with E-state index in [1.54, 1.807) is 26.0 Å². The molecule has 0 aromatic heterocycles. The molecule has 158 valence electrons. The number of carboxylic acids is 1. The minimum atomic E-state index is -1.11. The van der Waals surface area contributed by atoms with E-state index in [2.05, 4.69) is 0 Å². The van der Waals surface area contributed by atoms with Crippen LogP contribution in [0.25, 0.3) is 0 Å². The molecular weight excluding hydrogens is 376 g/mol. The molecule has 3 rings (SSSR count). The van der Waals surface area contributed by atoms with Crippen molar-refractivity contribution in [1.29, 1.82) is 0 Å². The van der Waals surface area contributed by atoms with Crippen LogP contribution in [0.1, 0.15) is 53.4 Å². The highest BCUT2D eigenvalue weighted by atomic mass is 16.6. The zero-order chi connectivity index (χ0) is 21.6. The van der Waals surface area contributed by atoms with Gasteiger partial charge in [0.05, 0.1) is 6.10 Å². The van der Waals surface area contributed by atoms with Crippen molar-refractivity contribution in [3.63, 3.8) is 0 Å². The van der Waals surface area contributed by atoms with Crippen molar-refractivity contribution in [1.82, 2.24) is 0 Å². The summed E-state index contributed by atoms with van der Waals surface area (Å²) in [5.41, 5.74) is -2.39. The summed E-state index contributed by atoms with van der Waals surface area (Å²) in [4.78, 5) is 36.5. The summed E-state index contributed by atoms with van der Waals surface area (Å²) in [6.45, 7) is 6.36. The van der Waals surface area contributed by atoms with E-state index in [-0.39, 0.29) is 17.9 Å². The van der Waals surface area contributed by atoms with Crippen LogP contribution in [-0.2, 0) is 23.9 Å². The molecule has 0 amide bonds. The summed E-state index contributed by atoms with van der Waals surface area (Å²) < 4.78 is 11.8. The molecule has 2 aliphatic carbocycles. The van der Waals surface area contributed by atoms with Crippen molar-refractivity contribution >= 4 is 17.9 Å². The number of carboxylic acid groups (broad SMARTS) is 1. The standard InChI is InChI=1S/C22H28O7/c1-13-7-11-22(28-15(3)23)17-8-10-21(22,12-16(13)24)19(27)29-20(17,4)9-5-6-14(2)18(25)26/h5-7,9,16-17,24H,8,10-12H2,1-4H3,(H,25,26). The topological polar surface area (TPSA) is 110 Å². The van der Waals surface area contributed by atoms with Gasteiger partial charge in [-0.3, -0.25) is 9.59 Å². The number of carbonyl (C=O) groups is 3. The van der Waals surface area contributed by atoms with E-state index in [0.29, 0.717) is 19.3 Å². The molecule has 7 nitrogen and oxygen atoms in total. The number of hydrogen-bond acceptors (Lipinski definition) is 6. The third-order valence-corrected chi connectivity index (χ3v) is 6.86. The van der Waals surface area contributed by atoms with Crippen LogP contribution in [0.3, 0.4) is 0 Å². The van der Waals surface area contributed by atoms with Crippen LogP contribution in [-0.4, -0.2) is 45.4 Å². The van der Waals surface area contributed by atoms with Crippen molar-refractivity contribution in [3.05, 3.63) is 35.5 Å². The Labute approximate surface area is 170 Å². The fraction of sp³-hybridized carbons (Fsp3) is 0.591. The number of hydrogen-bond donors (Lipinski definition) is 2. The van der Waals surface area contributed by atoms with Crippen LogP contribution < -0.4 is 0 Å². The Morgan fingerprint density at radius 3 is 2.66 bits per heavy atom. The van der Waals surface area contributed by atoms with Crippen molar-refractivity contribution in [2.75, 3.05) is 0 Å². The predicted molar refractivity (Wildman–Crippen MR) is 104 cm³/mol. The average Bonchev–Trinajstić information content (AvgIpc) is 2.81. The molecule has 1 aliphatic heterocycles. The van der Waals surface area contributed by atoms with Crippen LogP contribution in [0.15, 0.2) is 35.5 Å². The molecule has 2 fully saturated rings. The van der Waals surface area contributed by atoms with E-state index >= 15 is 0 Å². The zero-order valence-electron chi connectivity index (χ0n) is 17.2. The maximum atomic E-state index is 13.3. The Morgan fingerprint density at radius 1 is 1.34 bits per heavy atom. The van der Waals surface area contributed by atoms with Gasteiger partial charge in [0.15, 0.2) is 0 Å². The third kappa shape index (κ3) is 3.21. The summed E-state index contributed by atoms with van der Waals surface area (Å²) in [5, 5.41) is 19.6. The molecule has 0 aromatic rings. The van der Waals surface area contributed by atoms with Gasteiger partial charge in [-0.1, -0.05) is 18.2 Å². The van der Waals surface area contributed by atoms with Crippen molar-refractivity contribution in [3.8, 4) is 0 Å². The van der Waals surface area contributed by atoms with Crippen LogP contribution in [0.5, 0.6) is 0 Å². The second-order valence-corrected chi connectivity index (χ2v) is 8.62. The van der Waals surface area contributed by atoms with E-state index in [9.17, 15) is 19.5 Å². The van der Waals surface area contributed by atoms with Gasteiger partial charge in [-0.15, -0.1) is 0 Å². The molecule has 5 atom stereocenters. The summed E-state index contributed by atoms with van der Waals surface area (Å²) in [6.07, 6.45) is 7.23. The largest absolute Gasteiger partial charge is 0.478 e. The molecule has 3 aliphatic rings. The zero-order valence-corrected chi connectivity index (χ0v) is 17.2. The maximum Gasteiger partial charge on any atom is 0.331 e. The van der Waals surface area contributed by atoms with Gasteiger partial charge in [0, 0.05) is 24.8 Å². The smallest absolute Gasteiger partial charge is 0.331 e. The third-order valence-electron chi connectivity index (χ3n) is 6.86. The first-order chi connectivity index (χ1) is 13.5. The summed E-state index contributed by atoms with van der Waals surface area (Å²) in [5.74, 6) is -2.32. The first-order valence-electron chi connectivity index (χ1n) is 9.84. The van der Waals surface area contributed by atoms with E-state index in [1.807, 2.05) is 6.08 Å². The van der Waals surface area contributed by atoms with Gasteiger partial charge < -0.3 is 19.7 Å². The van der Waals surface area contributed by atoms with Gasteiger partial charge >= 0.3 is 17.9 Å². The molecule has 5 unspecified atom stereocenters. The molecule has 7 heteroatoms. The first kappa shape index (κ1) is 21.3. The maximum absolute atomic E-state index is 13.3. The molecule has 1 saturated heterocycles. The molecule has 2 bridgehead atoms. The molecule has 0 radical (unpaired) electrons. The molecule has 29 heavy (non-hydrogen) atoms. The quantitative estimate of drug-likeness (QED) is 0.321. The van der Waals surface area contributed by atoms with Gasteiger partial charge in [-0.2, -0.15) is 0 Å². The SMILES string of the molecule is CC(=O)OC12CC=C(C)C(O)CC13CCC2C(C)(C=CC=C(C)C(=O)O)OC3=O. The molecule has 2 N–H and O–H groups in total. The molecule has 0 aromatic carbocycles. The van der Waals surface area contributed by atoms with Crippen molar-refractivity contribution < 1.29 is 34.1 Å². The van der Waals surface area contributed by atoms with Gasteiger partial charge in [0.1, 0.15) is 16.6 Å². The lowest BCUT2D eigenvalue weighted by molar-refractivity contribution is -0.236. The lowest BCUT2D eigenvalue weighted by atomic mass is 9.62. The number of cyclic esters (lactones) is 1. The minimum absolute atomic E-state index is 0.149. The predicted octanol–water partition coefficient (Wildman–Crippen LogP) is 2.69. The van der Waals surface area contributed by atoms with Crippen LogP contribution >= 0.6 is 0 Å². The normalized spacial score (nSPS) is 39.4. The summed E-state index contributed by atoms with van der Waals surface area (Å²) >= 11 is 0. The highest BCUT2D eigenvalue weighted by Crippen LogP contribution is 2.65. The van der Waals surface area contributed by atoms with Crippen molar-refractivity contribution in [2.45, 2.75) is 70.7 Å². The Bertz CT molecular complexity index is 838. The van der Waals surface area contributed by atoms with Gasteiger partial charge in [-0.25, -0.2) is 4.79 Å². The molecular formula is C22H28O7. The Kier molecular flexibility index (Phi) is 5.24. The first-order valence-corrected chi connectivity index (χ1v) is 9.84. The second kappa shape index (κ2) is 7.13. The Balaban J connectivity index is 2.10. The van der Waals surface area contributed by atoms with Gasteiger partial charge in [0.2, 0.25) is 0 Å². The van der Waals surface area contributed by atoms with Gasteiger partial charge in [-0.05, 0) is 51.7 Å². The summed E-state index contributed by atoms with van der Waals surface area (Å²) in [6, 6.07) is 0. The number of aliphatic hydroxyl groups excluding tert-OH is 1. The van der Waals surface area contributed by atoms with E-state index < -0.39 is 40.6 Å². The van der Waals surface area contributed by atoms with Crippen LogP contribution in [0, 0.1) is 11.3 Å². The number of aliphatic carboxylic acids is 1. The summed E-state index contributed by atoms with van der Waals surface area (Å²) in [7, 11) is 0. The number of carbonyl (C=O) groups excluding carboxylic acids is 2. The van der Waals surface area contributed by atoms with Crippen molar-refractivity contribution in [2.24, 2.45) is 11.3 Å². The number of ether oxygens (including phenoxy) is 2. The molecule has 1 heterocycles. The Morgan fingerprint density at radius 2 is 2.03 bits per heavy atom. The number of esters is 2. The molecule has 0 spiro atoms. The van der Waals surface area contributed by atoms with Gasteiger partial charge in [0.25, 0.3) is 0 Å². The minimum Gasteiger partial charge on any atom is -0.478 e. The van der Waals surface area contributed by atoms with Crippen LogP contribution in [0.2, 0.25) is 0 Å². The number of rotatable bonds is 4. The van der Waals surface area contributed by atoms with E-state index in [4.69, 9.17) is 14.6 Å². The fourth-order valence-corrected chi connectivity index (χ4v) is 5.27. The molecule has 1 saturated carbocycles. The average molecular weight is 404 g/mol. The van der Waals surface area contributed by atoms with Crippen LogP contribution in [0.4, 0.5) is 0 Å². The number of allylic oxidation sites excluding steroid dienone is 2. The highest BCUT2D eigenvalue weighted by Gasteiger charge is 2.75. The second-order valence-electron chi connectivity index (χ2n) is 8.62. The fourth-order valence-electron chi connectivity index (χ4n) is 5.27. The van der Waals surface area contributed by atoms with E-state index in [0.717, 1.165) is 5.57 Å².